The van der Waals surface area contributed by atoms with Crippen LogP contribution in [0.3, 0.4) is 0 Å². The molecule has 0 atom stereocenters. The van der Waals surface area contributed by atoms with Crippen LogP contribution in [-0.2, 0) is 0 Å². The van der Waals surface area contributed by atoms with E-state index >= 15 is 0 Å². The van der Waals surface area contributed by atoms with E-state index in [0.717, 1.165) is 0 Å². The summed E-state index contributed by atoms with van der Waals surface area (Å²) < 4.78 is 0. The van der Waals surface area contributed by atoms with Crippen LogP contribution in [0.15, 0.2) is 54.6 Å². The molecule has 1 N–H and O–H groups in total. The molecule has 1 nitrogen and oxygen atoms in total. The van der Waals surface area contributed by atoms with E-state index in [1.165, 1.54) is 27.7 Å². The maximum atomic E-state index is 3.34. The SMILES string of the molecule is Cc1cc2cc(-c3ccccc3)ccc2[nH]1. The van der Waals surface area contributed by atoms with E-state index in [-0.39, 0.29) is 0 Å². The number of aromatic amines is 1. The summed E-state index contributed by atoms with van der Waals surface area (Å²) >= 11 is 0. The lowest BCUT2D eigenvalue weighted by molar-refractivity contribution is 1.30. The molecule has 2 aromatic carbocycles. The Morgan fingerprint density at radius 3 is 2.44 bits per heavy atom. The van der Waals surface area contributed by atoms with Crippen LogP contribution in [0.4, 0.5) is 0 Å². The highest BCUT2D eigenvalue weighted by molar-refractivity contribution is 5.85. The summed E-state index contributed by atoms with van der Waals surface area (Å²) in [5.74, 6) is 0. The molecule has 1 heteroatoms. The Hall–Kier alpha value is -2.02. The van der Waals surface area contributed by atoms with Crippen molar-refractivity contribution in [3.63, 3.8) is 0 Å². The molecule has 0 aliphatic carbocycles. The first-order chi connectivity index (χ1) is 7.83. The second-order valence-electron chi connectivity index (χ2n) is 4.12. The van der Waals surface area contributed by atoms with Crippen molar-refractivity contribution in [2.24, 2.45) is 0 Å². The van der Waals surface area contributed by atoms with Crippen molar-refractivity contribution in [1.82, 2.24) is 4.98 Å². The van der Waals surface area contributed by atoms with Gasteiger partial charge in [0.15, 0.2) is 0 Å². The van der Waals surface area contributed by atoms with Gasteiger partial charge in [0.25, 0.3) is 0 Å². The standard InChI is InChI=1S/C15H13N/c1-11-9-14-10-13(7-8-15(14)16-11)12-5-3-2-4-6-12/h2-10,16H,1H3. The summed E-state index contributed by atoms with van der Waals surface area (Å²) in [4.78, 5) is 3.34. The Balaban J connectivity index is 2.18. The third kappa shape index (κ3) is 1.50. The number of benzene rings is 2. The van der Waals surface area contributed by atoms with Gasteiger partial charge in [-0.05, 0) is 36.2 Å². The first-order valence-electron chi connectivity index (χ1n) is 5.48. The van der Waals surface area contributed by atoms with Crippen molar-refractivity contribution in [1.29, 1.82) is 0 Å². The van der Waals surface area contributed by atoms with Crippen LogP contribution in [0, 0.1) is 6.92 Å². The monoisotopic (exact) mass is 207 g/mol. The lowest BCUT2D eigenvalue weighted by atomic mass is 10.0. The fraction of sp³-hybridized carbons (Fsp3) is 0.0667. The zero-order valence-electron chi connectivity index (χ0n) is 9.20. The minimum atomic E-state index is 1.21. The van der Waals surface area contributed by atoms with Gasteiger partial charge in [-0.15, -0.1) is 0 Å². The van der Waals surface area contributed by atoms with Crippen molar-refractivity contribution in [3.05, 3.63) is 60.3 Å². The van der Waals surface area contributed by atoms with Crippen LogP contribution < -0.4 is 0 Å². The maximum absolute atomic E-state index is 3.34. The summed E-state index contributed by atoms with van der Waals surface area (Å²) in [7, 11) is 0. The van der Waals surface area contributed by atoms with Crippen LogP contribution in [0.5, 0.6) is 0 Å². The van der Waals surface area contributed by atoms with Gasteiger partial charge in [-0.1, -0.05) is 36.4 Å². The molecule has 0 amide bonds. The third-order valence-corrected chi connectivity index (χ3v) is 2.86. The summed E-state index contributed by atoms with van der Waals surface area (Å²) in [5, 5.41) is 1.28. The molecule has 78 valence electrons. The molecule has 0 saturated carbocycles. The maximum Gasteiger partial charge on any atom is 0.0456 e. The number of H-pyrrole nitrogens is 1. The van der Waals surface area contributed by atoms with E-state index in [0.29, 0.717) is 0 Å². The Labute approximate surface area is 94.7 Å². The van der Waals surface area contributed by atoms with Gasteiger partial charge in [-0.2, -0.15) is 0 Å². The highest BCUT2D eigenvalue weighted by atomic mass is 14.7. The molecule has 0 aliphatic rings. The molecular weight excluding hydrogens is 194 g/mol. The summed E-state index contributed by atoms with van der Waals surface area (Å²) in [6, 6.07) is 19.2. The van der Waals surface area contributed by atoms with Crippen molar-refractivity contribution in [2.45, 2.75) is 6.92 Å². The van der Waals surface area contributed by atoms with Gasteiger partial charge in [0.2, 0.25) is 0 Å². The molecule has 0 radical (unpaired) electrons. The zero-order chi connectivity index (χ0) is 11.0. The Bertz CT molecular complexity index is 620. The summed E-state index contributed by atoms with van der Waals surface area (Å²) in [6.07, 6.45) is 0. The molecule has 0 bridgehead atoms. The quantitative estimate of drug-likeness (QED) is 0.617. The van der Waals surface area contributed by atoms with Crippen LogP contribution in [0.1, 0.15) is 5.69 Å². The first kappa shape index (κ1) is 9.22. The highest BCUT2D eigenvalue weighted by Crippen LogP contribution is 2.24. The van der Waals surface area contributed by atoms with E-state index in [2.05, 4.69) is 60.4 Å². The lowest BCUT2D eigenvalue weighted by Crippen LogP contribution is -1.76. The topological polar surface area (TPSA) is 15.8 Å². The fourth-order valence-corrected chi connectivity index (χ4v) is 2.09. The van der Waals surface area contributed by atoms with Crippen LogP contribution >= 0.6 is 0 Å². The fourth-order valence-electron chi connectivity index (χ4n) is 2.09. The number of aromatic nitrogens is 1. The number of fused-ring (bicyclic) bond motifs is 1. The molecule has 0 saturated heterocycles. The lowest BCUT2D eigenvalue weighted by Gasteiger charge is -2.00. The van der Waals surface area contributed by atoms with E-state index in [1.54, 1.807) is 0 Å². The first-order valence-corrected chi connectivity index (χ1v) is 5.48. The second-order valence-corrected chi connectivity index (χ2v) is 4.12. The van der Waals surface area contributed by atoms with Crippen molar-refractivity contribution >= 4 is 10.9 Å². The van der Waals surface area contributed by atoms with E-state index < -0.39 is 0 Å². The minimum Gasteiger partial charge on any atom is -0.359 e. The van der Waals surface area contributed by atoms with Gasteiger partial charge in [0.1, 0.15) is 0 Å². The number of hydrogen-bond donors (Lipinski definition) is 1. The van der Waals surface area contributed by atoms with Crippen LogP contribution in [0.25, 0.3) is 22.0 Å². The number of aryl methyl sites for hydroxylation is 1. The van der Waals surface area contributed by atoms with Gasteiger partial charge < -0.3 is 4.98 Å². The molecular formula is C15H13N. The molecule has 0 fully saturated rings. The second kappa shape index (κ2) is 3.53. The molecule has 1 heterocycles. The molecule has 0 spiro atoms. The average Bonchev–Trinajstić information content (AvgIpc) is 2.69. The van der Waals surface area contributed by atoms with Gasteiger partial charge in [0.05, 0.1) is 0 Å². The van der Waals surface area contributed by atoms with Crippen molar-refractivity contribution in [3.8, 4) is 11.1 Å². The van der Waals surface area contributed by atoms with Gasteiger partial charge in [-0.3, -0.25) is 0 Å². The normalized spacial score (nSPS) is 10.8. The van der Waals surface area contributed by atoms with Crippen molar-refractivity contribution in [2.75, 3.05) is 0 Å². The molecule has 1 aromatic heterocycles. The van der Waals surface area contributed by atoms with Crippen LogP contribution in [0.2, 0.25) is 0 Å². The molecule has 3 rings (SSSR count). The predicted octanol–water partition coefficient (Wildman–Crippen LogP) is 4.14. The number of nitrogens with one attached hydrogen (secondary N) is 1. The van der Waals surface area contributed by atoms with E-state index in [9.17, 15) is 0 Å². The average molecular weight is 207 g/mol. The zero-order valence-corrected chi connectivity index (χ0v) is 9.20. The minimum absolute atomic E-state index is 1.21. The number of rotatable bonds is 1. The summed E-state index contributed by atoms with van der Waals surface area (Å²) in [5.41, 5.74) is 4.95. The Morgan fingerprint density at radius 2 is 1.62 bits per heavy atom. The molecule has 3 aromatic rings. The molecule has 0 unspecified atom stereocenters. The highest BCUT2D eigenvalue weighted by Gasteiger charge is 2.00. The Morgan fingerprint density at radius 1 is 0.812 bits per heavy atom. The van der Waals surface area contributed by atoms with Crippen molar-refractivity contribution < 1.29 is 0 Å². The largest absolute Gasteiger partial charge is 0.359 e. The van der Waals surface area contributed by atoms with Gasteiger partial charge >= 0.3 is 0 Å². The van der Waals surface area contributed by atoms with E-state index in [4.69, 9.17) is 0 Å². The van der Waals surface area contributed by atoms with E-state index in [1.807, 2.05) is 6.07 Å². The predicted molar refractivity (Wildman–Crippen MR) is 68.5 cm³/mol. The van der Waals surface area contributed by atoms with Gasteiger partial charge in [-0.25, -0.2) is 0 Å². The molecule has 16 heavy (non-hydrogen) atoms. The van der Waals surface area contributed by atoms with Crippen LogP contribution in [-0.4, -0.2) is 4.98 Å². The third-order valence-electron chi connectivity index (χ3n) is 2.86. The number of hydrogen-bond acceptors (Lipinski definition) is 0. The summed E-state index contributed by atoms with van der Waals surface area (Å²) in [6.45, 7) is 2.09. The smallest absolute Gasteiger partial charge is 0.0456 e. The van der Waals surface area contributed by atoms with Gasteiger partial charge in [0, 0.05) is 16.6 Å². The Kier molecular flexibility index (Phi) is 2.03. The molecule has 0 aliphatic heterocycles.